The number of carbonyl (C=O) groups is 2. The van der Waals surface area contributed by atoms with Gasteiger partial charge in [-0.05, 0) is 35.9 Å². The largest absolute Gasteiger partial charge is 0.488 e. The molecule has 0 aliphatic heterocycles. The second kappa shape index (κ2) is 8.85. The van der Waals surface area contributed by atoms with Crippen LogP contribution in [0.15, 0.2) is 65.3 Å². The average molecular weight is 384 g/mol. The molecular formula is C21H17FO6. The van der Waals surface area contributed by atoms with E-state index in [4.69, 9.17) is 13.9 Å². The highest BCUT2D eigenvalue weighted by atomic mass is 19.1. The van der Waals surface area contributed by atoms with Gasteiger partial charge >= 0.3 is 11.9 Å². The lowest BCUT2D eigenvalue weighted by molar-refractivity contribution is 0.0427. The standard InChI is InChI=1S/C21H17FO6/c1-25-20(23)17-10-11-26-19(17)13-28-21(24)16-4-2-3-5-18(16)27-12-14-6-8-15(22)9-7-14/h2-11H,12-13H2,1H3. The highest BCUT2D eigenvalue weighted by Crippen LogP contribution is 2.22. The van der Waals surface area contributed by atoms with Gasteiger partial charge in [0.15, 0.2) is 12.4 Å². The van der Waals surface area contributed by atoms with E-state index in [0.29, 0.717) is 5.75 Å². The lowest BCUT2D eigenvalue weighted by Gasteiger charge is -2.11. The molecule has 2 aromatic carbocycles. The minimum atomic E-state index is -0.637. The van der Waals surface area contributed by atoms with Crippen molar-refractivity contribution in [2.45, 2.75) is 13.2 Å². The Balaban J connectivity index is 1.66. The van der Waals surface area contributed by atoms with Crippen molar-refractivity contribution in [1.82, 2.24) is 0 Å². The van der Waals surface area contributed by atoms with Gasteiger partial charge in [-0.25, -0.2) is 14.0 Å². The molecule has 0 saturated carbocycles. The maximum Gasteiger partial charge on any atom is 0.342 e. The lowest BCUT2D eigenvalue weighted by atomic mass is 10.2. The molecule has 1 aromatic heterocycles. The number of furan rings is 1. The normalized spacial score (nSPS) is 10.4. The molecule has 0 bridgehead atoms. The Morgan fingerprint density at radius 1 is 0.929 bits per heavy atom. The molecule has 0 aliphatic rings. The first kappa shape index (κ1) is 19.2. The average Bonchev–Trinajstić information content (AvgIpc) is 3.20. The maximum absolute atomic E-state index is 13.0. The number of hydrogen-bond acceptors (Lipinski definition) is 6. The van der Waals surface area contributed by atoms with Crippen molar-refractivity contribution in [3.05, 3.63) is 89.1 Å². The molecule has 0 spiro atoms. The van der Waals surface area contributed by atoms with Crippen molar-refractivity contribution in [3.8, 4) is 5.75 Å². The summed E-state index contributed by atoms with van der Waals surface area (Å²) in [5, 5.41) is 0. The van der Waals surface area contributed by atoms with E-state index in [9.17, 15) is 14.0 Å². The van der Waals surface area contributed by atoms with Crippen molar-refractivity contribution < 1.29 is 32.6 Å². The topological polar surface area (TPSA) is 75.0 Å². The third-order valence-corrected chi connectivity index (χ3v) is 3.90. The van der Waals surface area contributed by atoms with Crippen molar-refractivity contribution in [3.63, 3.8) is 0 Å². The number of para-hydroxylation sites is 1. The van der Waals surface area contributed by atoms with Crippen LogP contribution in [0.2, 0.25) is 0 Å². The molecule has 0 saturated heterocycles. The number of methoxy groups -OCH3 is 1. The van der Waals surface area contributed by atoms with Crippen molar-refractivity contribution in [2.24, 2.45) is 0 Å². The van der Waals surface area contributed by atoms with E-state index < -0.39 is 11.9 Å². The third-order valence-electron chi connectivity index (χ3n) is 3.90. The Bertz CT molecular complexity index is 961. The number of esters is 2. The molecule has 144 valence electrons. The van der Waals surface area contributed by atoms with Gasteiger partial charge in [-0.15, -0.1) is 0 Å². The highest BCUT2D eigenvalue weighted by molar-refractivity contribution is 5.93. The molecular weight excluding hydrogens is 367 g/mol. The van der Waals surface area contributed by atoms with E-state index in [-0.39, 0.29) is 35.9 Å². The predicted octanol–water partition coefficient (Wildman–Crippen LogP) is 4.14. The fourth-order valence-electron chi connectivity index (χ4n) is 2.46. The zero-order valence-electron chi connectivity index (χ0n) is 15.0. The summed E-state index contributed by atoms with van der Waals surface area (Å²) < 4.78 is 33.7. The molecule has 0 atom stereocenters. The second-order valence-corrected chi connectivity index (χ2v) is 5.74. The number of hydrogen-bond donors (Lipinski definition) is 0. The number of halogens is 1. The van der Waals surface area contributed by atoms with Gasteiger partial charge in [0.05, 0.1) is 13.4 Å². The predicted molar refractivity (Wildman–Crippen MR) is 96.3 cm³/mol. The molecule has 3 rings (SSSR count). The SMILES string of the molecule is COC(=O)c1ccoc1COC(=O)c1ccccc1OCc1ccc(F)cc1. The van der Waals surface area contributed by atoms with Crippen molar-refractivity contribution in [1.29, 1.82) is 0 Å². The summed E-state index contributed by atoms with van der Waals surface area (Å²) in [5.41, 5.74) is 1.16. The van der Waals surface area contributed by atoms with Crippen LogP contribution in [0.25, 0.3) is 0 Å². The number of rotatable bonds is 7. The molecule has 0 aliphatic carbocycles. The van der Waals surface area contributed by atoms with Crippen molar-refractivity contribution >= 4 is 11.9 Å². The van der Waals surface area contributed by atoms with E-state index in [1.54, 1.807) is 36.4 Å². The first-order valence-corrected chi connectivity index (χ1v) is 8.36. The van der Waals surface area contributed by atoms with Crippen LogP contribution in [0, 0.1) is 5.82 Å². The van der Waals surface area contributed by atoms with E-state index in [2.05, 4.69) is 4.74 Å². The quantitative estimate of drug-likeness (QED) is 0.570. The summed E-state index contributed by atoms with van der Waals surface area (Å²) in [6.45, 7) is -0.0716. The third kappa shape index (κ3) is 4.56. The zero-order chi connectivity index (χ0) is 19.9. The summed E-state index contributed by atoms with van der Waals surface area (Å²) in [5.74, 6) is -1.05. The van der Waals surface area contributed by atoms with Gasteiger partial charge < -0.3 is 18.6 Å². The van der Waals surface area contributed by atoms with Crippen LogP contribution in [0.3, 0.4) is 0 Å². The van der Waals surface area contributed by atoms with Gasteiger partial charge in [0.1, 0.15) is 29.3 Å². The molecule has 0 radical (unpaired) electrons. The first-order chi connectivity index (χ1) is 13.6. The molecule has 1 heterocycles. The maximum atomic E-state index is 13.0. The molecule has 0 N–H and O–H groups in total. The fraction of sp³-hybridized carbons (Fsp3) is 0.143. The first-order valence-electron chi connectivity index (χ1n) is 8.36. The number of carbonyl (C=O) groups excluding carboxylic acids is 2. The summed E-state index contributed by atoms with van der Waals surface area (Å²) >= 11 is 0. The molecule has 0 unspecified atom stereocenters. The van der Waals surface area contributed by atoms with E-state index in [1.807, 2.05) is 0 Å². The summed E-state index contributed by atoms with van der Waals surface area (Å²) in [6, 6.07) is 13.9. The molecule has 0 amide bonds. The van der Waals surface area contributed by atoms with Crippen LogP contribution in [0.5, 0.6) is 5.75 Å². The Labute approximate surface area is 160 Å². The van der Waals surface area contributed by atoms with E-state index >= 15 is 0 Å². The van der Waals surface area contributed by atoms with Gasteiger partial charge in [0.25, 0.3) is 0 Å². The summed E-state index contributed by atoms with van der Waals surface area (Å²) in [6.07, 6.45) is 1.31. The highest BCUT2D eigenvalue weighted by Gasteiger charge is 2.19. The summed E-state index contributed by atoms with van der Waals surface area (Å²) in [7, 11) is 1.25. The van der Waals surface area contributed by atoms with Gasteiger partial charge in [-0.2, -0.15) is 0 Å². The van der Waals surface area contributed by atoms with E-state index in [0.717, 1.165) is 5.56 Å². The molecule has 0 fully saturated rings. The van der Waals surface area contributed by atoms with Crippen LogP contribution < -0.4 is 4.74 Å². The van der Waals surface area contributed by atoms with Gasteiger partial charge in [-0.1, -0.05) is 24.3 Å². The van der Waals surface area contributed by atoms with Crippen LogP contribution in [-0.4, -0.2) is 19.0 Å². The van der Waals surface area contributed by atoms with Crippen molar-refractivity contribution in [2.75, 3.05) is 7.11 Å². The summed E-state index contributed by atoms with van der Waals surface area (Å²) in [4.78, 5) is 24.1. The molecule has 6 nitrogen and oxygen atoms in total. The van der Waals surface area contributed by atoms with Gasteiger partial charge in [0, 0.05) is 0 Å². The second-order valence-electron chi connectivity index (χ2n) is 5.74. The monoisotopic (exact) mass is 384 g/mol. The van der Waals surface area contributed by atoms with Gasteiger partial charge in [-0.3, -0.25) is 0 Å². The van der Waals surface area contributed by atoms with Crippen LogP contribution in [0.1, 0.15) is 32.0 Å². The minimum absolute atomic E-state index is 0.162. The van der Waals surface area contributed by atoms with Crippen LogP contribution in [0.4, 0.5) is 4.39 Å². The molecule has 28 heavy (non-hydrogen) atoms. The Morgan fingerprint density at radius 2 is 1.68 bits per heavy atom. The molecule has 3 aromatic rings. The fourth-order valence-corrected chi connectivity index (χ4v) is 2.46. The molecule has 7 heteroatoms. The van der Waals surface area contributed by atoms with Crippen LogP contribution >= 0.6 is 0 Å². The zero-order valence-corrected chi connectivity index (χ0v) is 15.0. The minimum Gasteiger partial charge on any atom is -0.488 e. The Hall–Kier alpha value is -3.61. The lowest BCUT2D eigenvalue weighted by Crippen LogP contribution is -2.10. The number of benzene rings is 2. The van der Waals surface area contributed by atoms with Crippen LogP contribution in [-0.2, 0) is 22.7 Å². The van der Waals surface area contributed by atoms with Gasteiger partial charge in [0.2, 0.25) is 0 Å². The Kier molecular flexibility index (Phi) is 6.06. The Morgan fingerprint density at radius 3 is 2.43 bits per heavy atom. The van der Waals surface area contributed by atoms with E-state index in [1.165, 1.54) is 31.6 Å². The number of ether oxygens (including phenoxy) is 3. The smallest absolute Gasteiger partial charge is 0.342 e.